The molecule has 2 fully saturated rings. The number of imide groups is 1. The highest BCUT2D eigenvalue weighted by Gasteiger charge is 2.45. The molecule has 1 aliphatic heterocycles. The molecule has 2 aromatic rings. The summed E-state index contributed by atoms with van der Waals surface area (Å²) >= 11 is 0. The van der Waals surface area contributed by atoms with Gasteiger partial charge in [-0.25, -0.2) is 4.90 Å². The van der Waals surface area contributed by atoms with Gasteiger partial charge in [0.25, 0.3) is 5.69 Å². The number of carbonyl (C=O) groups is 2. The quantitative estimate of drug-likeness (QED) is 0.471. The lowest BCUT2D eigenvalue weighted by Gasteiger charge is -2.37. The Morgan fingerprint density at radius 3 is 2.12 bits per heavy atom. The van der Waals surface area contributed by atoms with Crippen LogP contribution in [0.25, 0.3) is 10.8 Å². The fraction of sp³-hybridized carbons (Fsp3) is 0.368. The van der Waals surface area contributed by atoms with Gasteiger partial charge in [0.2, 0.25) is 11.8 Å². The molecule has 4 rings (SSSR count). The number of piperidine rings is 1. The van der Waals surface area contributed by atoms with E-state index in [1.807, 2.05) is 0 Å². The first kappa shape index (κ1) is 15.7. The topological polar surface area (TPSA) is 80.5 Å². The van der Waals surface area contributed by atoms with E-state index in [-0.39, 0.29) is 22.9 Å². The van der Waals surface area contributed by atoms with Crippen LogP contribution in [0.2, 0.25) is 0 Å². The molecule has 2 amide bonds. The molecule has 2 aliphatic rings. The lowest BCUT2D eigenvalue weighted by atomic mass is 9.76. The standard InChI is InChI=1S/C19H18N2O4/c22-17-11-19(9-3-4-10-19)12-18(23)20(17)15-7-8-16(21(24)25)14-6-2-1-5-13(14)15/h1-2,5-8H,3-4,9-12H2. The number of rotatable bonds is 2. The number of nitrogens with zero attached hydrogens (tertiary/aromatic N) is 2. The van der Waals surface area contributed by atoms with Gasteiger partial charge >= 0.3 is 0 Å². The number of carbonyl (C=O) groups excluding carboxylic acids is 2. The predicted molar refractivity (Wildman–Crippen MR) is 93.2 cm³/mol. The Balaban J connectivity index is 1.80. The minimum absolute atomic E-state index is 0.0245. The van der Waals surface area contributed by atoms with Crippen molar-refractivity contribution < 1.29 is 14.5 Å². The Morgan fingerprint density at radius 1 is 0.920 bits per heavy atom. The molecule has 1 spiro atoms. The molecule has 25 heavy (non-hydrogen) atoms. The van der Waals surface area contributed by atoms with E-state index in [4.69, 9.17) is 0 Å². The van der Waals surface area contributed by atoms with Crippen LogP contribution in [-0.4, -0.2) is 16.7 Å². The van der Waals surface area contributed by atoms with Crippen LogP contribution in [-0.2, 0) is 9.59 Å². The van der Waals surface area contributed by atoms with Crippen molar-refractivity contribution in [1.82, 2.24) is 0 Å². The van der Waals surface area contributed by atoms with E-state index in [0.29, 0.717) is 29.3 Å². The molecule has 0 radical (unpaired) electrons. The van der Waals surface area contributed by atoms with Crippen LogP contribution in [0.15, 0.2) is 36.4 Å². The van der Waals surface area contributed by atoms with Crippen molar-refractivity contribution in [3.05, 3.63) is 46.5 Å². The SMILES string of the molecule is O=C1CC2(CCCC2)CC(=O)N1c1ccc([N+](=O)[O-])c2ccccc12. The average molecular weight is 338 g/mol. The first-order chi connectivity index (χ1) is 12.0. The summed E-state index contributed by atoms with van der Waals surface area (Å²) in [5.74, 6) is -0.394. The fourth-order valence-electron chi connectivity index (χ4n) is 4.37. The lowest BCUT2D eigenvalue weighted by Crippen LogP contribution is -2.47. The van der Waals surface area contributed by atoms with Gasteiger partial charge in [0, 0.05) is 24.3 Å². The number of benzene rings is 2. The molecule has 0 atom stereocenters. The Hall–Kier alpha value is -2.76. The van der Waals surface area contributed by atoms with Crippen LogP contribution in [0, 0.1) is 15.5 Å². The molecule has 1 saturated heterocycles. The molecule has 0 unspecified atom stereocenters. The van der Waals surface area contributed by atoms with E-state index in [0.717, 1.165) is 25.7 Å². The summed E-state index contributed by atoms with van der Waals surface area (Å²) in [6.45, 7) is 0. The smallest absolute Gasteiger partial charge is 0.274 e. The maximum Gasteiger partial charge on any atom is 0.277 e. The van der Waals surface area contributed by atoms with Crippen LogP contribution in [0.4, 0.5) is 11.4 Å². The molecule has 2 aromatic carbocycles. The van der Waals surface area contributed by atoms with Gasteiger partial charge < -0.3 is 0 Å². The van der Waals surface area contributed by atoms with E-state index in [2.05, 4.69) is 0 Å². The molecule has 0 aromatic heterocycles. The van der Waals surface area contributed by atoms with Crippen molar-refractivity contribution in [3.63, 3.8) is 0 Å². The van der Waals surface area contributed by atoms with Crippen LogP contribution in [0.3, 0.4) is 0 Å². The van der Waals surface area contributed by atoms with Crippen LogP contribution >= 0.6 is 0 Å². The number of anilines is 1. The van der Waals surface area contributed by atoms with Crippen molar-refractivity contribution >= 4 is 34.0 Å². The summed E-state index contributed by atoms with van der Waals surface area (Å²) in [6, 6.07) is 9.73. The molecule has 1 aliphatic carbocycles. The summed E-state index contributed by atoms with van der Waals surface area (Å²) in [5, 5.41) is 12.3. The highest BCUT2D eigenvalue weighted by Crippen LogP contribution is 2.48. The van der Waals surface area contributed by atoms with E-state index in [1.165, 1.54) is 17.0 Å². The van der Waals surface area contributed by atoms with Crippen molar-refractivity contribution in [3.8, 4) is 0 Å². The number of nitro groups is 1. The van der Waals surface area contributed by atoms with Gasteiger partial charge in [-0.3, -0.25) is 19.7 Å². The fourth-order valence-corrected chi connectivity index (χ4v) is 4.37. The Kier molecular flexibility index (Phi) is 3.56. The van der Waals surface area contributed by atoms with E-state index < -0.39 is 4.92 Å². The zero-order valence-electron chi connectivity index (χ0n) is 13.7. The predicted octanol–water partition coefficient (Wildman–Crippen LogP) is 3.96. The molecule has 6 heteroatoms. The summed E-state index contributed by atoms with van der Waals surface area (Å²) in [6.07, 6.45) is 4.76. The van der Waals surface area contributed by atoms with Crippen molar-refractivity contribution in [2.45, 2.75) is 38.5 Å². The van der Waals surface area contributed by atoms with Gasteiger partial charge in [0.05, 0.1) is 16.0 Å². The minimum Gasteiger partial charge on any atom is -0.274 e. The van der Waals surface area contributed by atoms with Gasteiger partial charge in [-0.2, -0.15) is 0 Å². The second-order valence-electron chi connectivity index (χ2n) is 7.09. The van der Waals surface area contributed by atoms with Gasteiger partial charge in [0.1, 0.15) is 0 Å². The molecule has 6 nitrogen and oxygen atoms in total. The lowest BCUT2D eigenvalue weighted by molar-refractivity contribution is -0.383. The first-order valence-electron chi connectivity index (χ1n) is 8.53. The highest BCUT2D eigenvalue weighted by molar-refractivity contribution is 6.21. The number of hydrogen-bond donors (Lipinski definition) is 0. The van der Waals surface area contributed by atoms with Crippen LogP contribution in [0.5, 0.6) is 0 Å². The highest BCUT2D eigenvalue weighted by atomic mass is 16.6. The zero-order valence-corrected chi connectivity index (χ0v) is 13.7. The van der Waals surface area contributed by atoms with Crippen molar-refractivity contribution in [1.29, 1.82) is 0 Å². The Bertz CT molecular complexity index is 879. The molecule has 128 valence electrons. The van der Waals surface area contributed by atoms with E-state index >= 15 is 0 Å². The molecular formula is C19H18N2O4. The zero-order chi connectivity index (χ0) is 17.6. The summed E-state index contributed by atoms with van der Waals surface area (Å²) < 4.78 is 0. The van der Waals surface area contributed by atoms with Crippen molar-refractivity contribution in [2.75, 3.05) is 4.90 Å². The number of fused-ring (bicyclic) bond motifs is 1. The molecule has 1 saturated carbocycles. The molecule has 0 N–H and O–H groups in total. The first-order valence-corrected chi connectivity index (χ1v) is 8.53. The minimum atomic E-state index is -0.445. The molecular weight excluding hydrogens is 320 g/mol. The normalized spacial score (nSPS) is 19.8. The Labute approximate surface area is 144 Å². The van der Waals surface area contributed by atoms with Crippen LogP contribution < -0.4 is 4.90 Å². The third kappa shape index (κ3) is 2.49. The maximum atomic E-state index is 12.8. The maximum absolute atomic E-state index is 12.8. The number of non-ortho nitro benzene ring substituents is 1. The van der Waals surface area contributed by atoms with Gasteiger partial charge in [-0.1, -0.05) is 31.0 Å². The summed E-state index contributed by atoms with van der Waals surface area (Å²) in [5.41, 5.74) is 0.258. The van der Waals surface area contributed by atoms with Gasteiger partial charge in [-0.05, 0) is 30.4 Å². The third-order valence-corrected chi connectivity index (χ3v) is 5.53. The molecule has 0 bridgehead atoms. The van der Waals surface area contributed by atoms with Gasteiger partial charge in [0.15, 0.2) is 0 Å². The number of hydrogen-bond acceptors (Lipinski definition) is 4. The third-order valence-electron chi connectivity index (χ3n) is 5.53. The summed E-state index contributed by atoms with van der Waals surface area (Å²) in [4.78, 5) is 37.6. The Morgan fingerprint density at radius 2 is 1.52 bits per heavy atom. The van der Waals surface area contributed by atoms with Crippen LogP contribution in [0.1, 0.15) is 38.5 Å². The summed E-state index contributed by atoms with van der Waals surface area (Å²) in [7, 11) is 0. The van der Waals surface area contributed by atoms with E-state index in [9.17, 15) is 19.7 Å². The largest absolute Gasteiger partial charge is 0.277 e. The number of nitro benzene ring substituents is 1. The van der Waals surface area contributed by atoms with Crippen molar-refractivity contribution in [2.24, 2.45) is 5.41 Å². The second kappa shape index (κ2) is 5.65. The molecule has 1 heterocycles. The number of amides is 2. The average Bonchev–Trinajstić information content (AvgIpc) is 3.01. The monoisotopic (exact) mass is 338 g/mol. The van der Waals surface area contributed by atoms with Gasteiger partial charge in [-0.15, -0.1) is 0 Å². The second-order valence-corrected chi connectivity index (χ2v) is 7.09. The van der Waals surface area contributed by atoms with E-state index in [1.54, 1.807) is 24.3 Å².